The zero-order valence-electron chi connectivity index (χ0n) is 16.2. The highest BCUT2D eigenvalue weighted by atomic mass is 32.2. The molecule has 2 fully saturated rings. The molecule has 2 heterocycles. The van der Waals surface area contributed by atoms with E-state index in [9.17, 15) is 4.79 Å². The molecule has 0 aromatic heterocycles. The largest absolute Gasteiger partial charge is 0.461 e. The number of benzene rings is 1. The molecule has 2 aliphatic heterocycles. The van der Waals surface area contributed by atoms with Crippen LogP contribution in [0.2, 0.25) is 0 Å². The Labute approximate surface area is 166 Å². The number of hydrogen-bond acceptors (Lipinski definition) is 7. The molecule has 7 heteroatoms. The third kappa shape index (κ3) is 6.47. The number of carbonyl (C=O) groups is 1. The van der Waals surface area contributed by atoms with Gasteiger partial charge in [-0.3, -0.25) is 9.80 Å². The Morgan fingerprint density at radius 2 is 1.67 bits per heavy atom. The van der Waals surface area contributed by atoms with E-state index in [-0.39, 0.29) is 5.97 Å². The molecule has 2 saturated heterocycles. The zero-order valence-corrected chi connectivity index (χ0v) is 17.0. The Bertz CT molecular complexity index is 602. The monoisotopic (exact) mass is 394 g/mol. The predicted octanol–water partition coefficient (Wildman–Crippen LogP) is 1.91. The summed E-state index contributed by atoms with van der Waals surface area (Å²) in [7, 11) is 0. The van der Waals surface area contributed by atoms with Gasteiger partial charge in [0.15, 0.2) is 0 Å². The minimum Gasteiger partial charge on any atom is -0.461 e. The van der Waals surface area contributed by atoms with Crippen LogP contribution in [0.3, 0.4) is 0 Å². The number of esters is 1. The van der Waals surface area contributed by atoms with Crippen molar-refractivity contribution in [3.8, 4) is 0 Å². The van der Waals surface area contributed by atoms with Crippen LogP contribution >= 0.6 is 11.8 Å². The van der Waals surface area contributed by atoms with Crippen molar-refractivity contribution in [1.82, 2.24) is 9.80 Å². The fourth-order valence-corrected chi connectivity index (χ4v) is 4.34. The fourth-order valence-electron chi connectivity index (χ4n) is 3.27. The van der Waals surface area contributed by atoms with Crippen LogP contribution in [-0.4, -0.2) is 93.8 Å². The van der Waals surface area contributed by atoms with Gasteiger partial charge < -0.3 is 14.2 Å². The molecule has 27 heavy (non-hydrogen) atoms. The summed E-state index contributed by atoms with van der Waals surface area (Å²) in [6.07, 6.45) is 0. The maximum Gasteiger partial charge on any atom is 0.338 e. The highest BCUT2D eigenvalue weighted by Gasteiger charge is 2.16. The molecule has 3 rings (SSSR count). The fraction of sp³-hybridized carbons (Fsp3) is 0.650. The molecule has 1 aromatic carbocycles. The molecule has 150 valence electrons. The molecule has 0 amide bonds. The van der Waals surface area contributed by atoms with Gasteiger partial charge >= 0.3 is 5.97 Å². The van der Waals surface area contributed by atoms with E-state index >= 15 is 0 Å². The number of nitrogens with zero attached hydrogens (tertiary/aromatic N) is 2. The summed E-state index contributed by atoms with van der Waals surface area (Å²) in [6, 6.07) is 5.89. The van der Waals surface area contributed by atoms with E-state index in [4.69, 9.17) is 14.2 Å². The third-order valence-electron chi connectivity index (χ3n) is 5.02. The van der Waals surface area contributed by atoms with E-state index in [1.165, 1.54) is 0 Å². The lowest BCUT2D eigenvalue weighted by atomic mass is 10.1. The second kappa shape index (κ2) is 11.0. The van der Waals surface area contributed by atoms with Crippen LogP contribution in [0.15, 0.2) is 23.1 Å². The molecule has 1 aromatic rings. The molecule has 0 spiro atoms. The average Bonchev–Trinajstić information content (AvgIpc) is 2.71. The molecular formula is C20H30N2O4S. The highest BCUT2D eigenvalue weighted by molar-refractivity contribution is 7.99. The normalized spacial score (nSPS) is 19.1. The van der Waals surface area contributed by atoms with E-state index in [1.54, 1.807) is 11.8 Å². The molecule has 0 radical (unpaired) electrons. The number of carbonyl (C=O) groups excluding carboxylic acids is 1. The van der Waals surface area contributed by atoms with Crippen LogP contribution in [0.5, 0.6) is 0 Å². The van der Waals surface area contributed by atoms with Crippen molar-refractivity contribution in [1.29, 1.82) is 0 Å². The number of hydrogen-bond donors (Lipinski definition) is 0. The van der Waals surface area contributed by atoms with Gasteiger partial charge in [-0.25, -0.2) is 4.79 Å². The van der Waals surface area contributed by atoms with Crippen LogP contribution in [-0.2, 0) is 14.2 Å². The van der Waals surface area contributed by atoms with Gasteiger partial charge in [0.25, 0.3) is 0 Å². The summed E-state index contributed by atoms with van der Waals surface area (Å²) in [4.78, 5) is 18.3. The number of ether oxygens (including phenoxy) is 3. The molecule has 6 nitrogen and oxygen atoms in total. The Kier molecular flexibility index (Phi) is 8.41. The molecule has 0 atom stereocenters. The van der Waals surface area contributed by atoms with E-state index in [1.807, 2.05) is 19.1 Å². The summed E-state index contributed by atoms with van der Waals surface area (Å²) >= 11 is 1.81. The molecule has 2 aliphatic rings. The first-order valence-corrected chi connectivity index (χ1v) is 10.7. The van der Waals surface area contributed by atoms with Crippen molar-refractivity contribution in [3.63, 3.8) is 0 Å². The molecule has 0 saturated carbocycles. The SMILES string of the molecule is Cc1c(SCCN2CCOCC2)cccc1C(=O)OCCN1CCOCC1. The van der Waals surface area contributed by atoms with Crippen LogP contribution in [0.25, 0.3) is 0 Å². The predicted molar refractivity (Wildman–Crippen MR) is 107 cm³/mol. The number of morpholine rings is 2. The first-order valence-electron chi connectivity index (χ1n) is 9.74. The maximum absolute atomic E-state index is 12.5. The van der Waals surface area contributed by atoms with Crippen molar-refractivity contribution < 1.29 is 19.0 Å². The Morgan fingerprint density at radius 1 is 1.04 bits per heavy atom. The quantitative estimate of drug-likeness (QED) is 0.493. The average molecular weight is 395 g/mol. The third-order valence-corrected chi connectivity index (χ3v) is 6.16. The van der Waals surface area contributed by atoms with Crippen molar-refractivity contribution in [2.45, 2.75) is 11.8 Å². The standard InChI is InChI=1S/C20H30N2O4S/c1-17-18(20(23)26-15-9-21-5-11-24-12-6-21)3-2-4-19(17)27-16-10-22-7-13-25-14-8-22/h2-4H,5-16H2,1H3. The molecule has 0 unspecified atom stereocenters. The van der Waals surface area contributed by atoms with E-state index < -0.39 is 0 Å². The molecular weight excluding hydrogens is 364 g/mol. The topological polar surface area (TPSA) is 51.2 Å². The summed E-state index contributed by atoms with van der Waals surface area (Å²) in [5.74, 6) is 0.785. The summed E-state index contributed by atoms with van der Waals surface area (Å²) in [6.45, 7) is 11.3. The van der Waals surface area contributed by atoms with Crippen LogP contribution in [0.4, 0.5) is 0 Å². The zero-order chi connectivity index (χ0) is 18.9. The maximum atomic E-state index is 12.5. The number of thioether (sulfide) groups is 1. The van der Waals surface area contributed by atoms with Gasteiger partial charge in [0.05, 0.1) is 32.0 Å². The Balaban J connectivity index is 1.45. The summed E-state index contributed by atoms with van der Waals surface area (Å²) in [5.41, 5.74) is 1.69. The van der Waals surface area contributed by atoms with Crippen LogP contribution in [0, 0.1) is 6.92 Å². The first kappa shape index (κ1) is 20.6. The van der Waals surface area contributed by atoms with Gasteiger partial charge in [0, 0.05) is 49.9 Å². The Morgan fingerprint density at radius 3 is 2.33 bits per heavy atom. The van der Waals surface area contributed by atoms with Gasteiger partial charge in [-0.2, -0.15) is 0 Å². The van der Waals surface area contributed by atoms with Crippen LogP contribution < -0.4 is 0 Å². The van der Waals surface area contributed by atoms with Gasteiger partial charge in [-0.05, 0) is 24.6 Å². The lowest BCUT2D eigenvalue weighted by Gasteiger charge is -2.26. The van der Waals surface area contributed by atoms with Gasteiger partial charge in [-0.15, -0.1) is 11.8 Å². The van der Waals surface area contributed by atoms with E-state index in [2.05, 4.69) is 15.9 Å². The second-order valence-electron chi connectivity index (χ2n) is 6.82. The minimum atomic E-state index is -0.226. The van der Waals surface area contributed by atoms with E-state index in [0.717, 1.165) is 81.9 Å². The number of rotatable bonds is 8. The van der Waals surface area contributed by atoms with Crippen molar-refractivity contribution in [3.05, 3.63) is 29.3 Å². The van der Waals surface area contributed by atoms with Gasteiger partial charge in [-0.1, -0.05) is 6.07 Å². The van der Waals surface area contributed by atoms with Crippen molar-refractivity contribution in [2.24, 2.45) is 0 Å². The van der Waals surface area contributed by atoms with Crippen LogP contribution in [0.1, 0.15) is 15.9 Å². The lowest BCUT2D eigenvalue weighted by Crippen LogP contribution is -2.38. The molecule has 0 aliphatic carbocycles. The first-order chi connectivity index (χ1) is 13.2. The van der Waals surface area contributed by atoms with Gasteiger partial charge in [0.1, 0.15) is 6.61 Å². The van der Waals surface area contributed by atoms with Gasteiger partial charge in [0.2, 0.25) is 0 Å². The lowest BCUT2D eigenvalue weighted by molar-refractivity contribution is 0.0195. The molecule has 0 bridgehead atoms. The van der Waals surface area contributed by atoms with Crippen molar-refractivity contribution in [2.75, 3.05) is 78.1 Å². The molecule has 0 N–H and O–H groups in total. The van der Waals surface area contributed by atoms with Crippen molar-refractivity contribution >= 4 is 17.7 Å². The minimum absolute atomic E-state index is 0.226. The summed E-state index contributed by atoms with van der Waals surface area (Å²) in [5, 5.41) is 0. The smallest absolute Gasteiger partial charge is 0.338 e. The second-order valence-corrected chi connectivity index (χ2v) is 7.96. The Hall–Kier alpha value is -1.12. The van der Waals surface area contributed by atoms with E-state index in [0.29, 0.717) is 12.2 Å². The summed E-state index contributed by atoms with van der Waals surface area (Å²) < 4.78 is 16.2. The highest BCUT2D eigenvalue weighted by Crippen LogP contribution is 2.25.